The van der Waals surface area contributed by atoms with Gasteiger partial charge in [-0.2, -0.15) is 0 Å². The summed E-state index contributed by atoms with van der Waals surface area (Å²) in [6, 6.07) is 9.78. The van der Waals surface area contributed by atoms with Crippen LogP contribution >= 0.6 is 0 Å². The second-order valence-electron chi connectivity index (χ2n) is 7.66. The highest BCUT2D eigenvalue weighted by molar-refractivity contribution is 5.88. The second kappa shape index (κ2) is 17.4. The highest BCUT2D eigenvalue weighted by Crippen LogP contribution is 2.20. The minimum absolute atomic E-state index is 0.166. The molecule has 1 aromatic rings. The van der Waals surface area contributed by atoms with Crippen LogP contribution in [0.1, 0.15) is 51.5 Å². The summed E-state index contributed by atoms with van der Waals surface area (Å²) < 4.78 is 10.9. The Morgan fingerprint density at radius 2 is 1.43 bits per heavy atom. The van der Waals surface area contributed by atoms with Crippen LogP contribution in [0.2, 0.25) is 0 Å². The highest BCUT2D eigenvalue weighted by Gasteiger charge is 2.40. The summed E-state index contributed by atoms with van der Waals surface area (Å²) in [7, 11) is 0. The van der Waals surface area contributed by atoms with Crippen molar-refractivity contribution >= 4 is 23.9 Å². The Kier molecular flexibility index (Phi) is 15.9. The Bertz CT molecular complexity index is 764. The molecule has 0 spiro atoms. The first-order chi connectivity index (χ1) is 16.5. The number of carbonyl (C=O) groups is 4. The van der Waals surface area contributed by atoms with Crippen LogP contribution < -0.4 is 0 Å². The molecule has 0 unspecified atom stereocenters. The SMILES string of the molecule is CC[C@H](C(=O)OCCOCCN(CC)CC)c1ccccc1.O=C(O)CC(O)(CC(=O)O)C(=O)O. The van der Waals surface area contributed by atoms with Gasteiger partial charge in [0.1, 0.15) is 6.61 Å². The molecule has 0 amide bonds. The van der Waals surface area contributed by atoms with Gasteiger partial charge in [-0.3, -0.25) is 14.4 Å². The molecule has 0 aromatic heterocycles. The van der Waals surface area contributed by atoms with Crippen LogP contribution in [0.25, 0.3) is 0 Å². The molecule has 0 aliphatic rings. The van der Waals surface area contributed by atoms with Gasteiger partial charge in [-0.15, -0.1) is 0 Å². The van der Waals surface area contributed by atoms with Gasteiger partial charge in [-0.25, -0.2) is 4.79 Å². The van der Waals surface area contributed by atoms with E-state index >= 15 is 0 Å². The molecule has 4 N–H and O–H groups in total. The summed E-state index contributed by atoms with van der Waals surface area (Å²) in [4.78, 5) is 44.9. The summed E-state index contributed by atoms with van der Waals surface area (Å²) in [5.74, 6) is -5.37. The predicted molar refractivity (Wildman–Crippen MR) is 126 cm³/mol. The molecule has 0 aliphatic carbocycles. The van der Waals surface area contributed by atoms with E-state index in [1.807, 2.05) is 37.3 Å². The Morgan fingerprint density at radius 3 is 1.86 bits per heavy atom. The Hall–Kier alpha value is -3.02. The van der Waals surface area contributed by atoms with Crippen molar-refractivity contribution in [2.75, 3.05) is 39.5 Å². The lowest BCUT2D eigenvalue weighted by atomic mass is 9.96. The van der Waals surface area contributed by atoms with Crippen molar-refractivity contribution in [2.45, 2.75) is 51.6 Å². The van der Waals surface area contributed by atoms with Crippen molar-refractivity contribution in [2.24, 2.45) is 0 Å². The van der Waals surface area contributed by atoms with Crippen LogP contribution in [-0.4, -0.2) is 94.3 Å². The summed E-state index contributed by atoms with van der Waals surface area (Å²) in [6.45, 7) is 10.7. The van der Waals surface area contributed by atoms with E-state index in [1.165, 1.54) is 0 Å². The van der Waals surface area contributed by atoms with Crippen molar-refractivity contribution in [3.63, 3.8) is 0 Å². The number of carboxylic acid groups (broad SMARTS) is 3. The van der Waals surface area contributed by atoms with Crippen LogP contribution in [0.15, 0.2) is 30.3 Å². The van der Waals surface area contributed by atoms with Crippen LogP contribution in [-0.2, 0) is 28.7 Å². The van der Waals surface area contributed by atoms with Gasteiger partial charge in [0.05, 0.1) is 32.0 Å². The fourth-order valence-corrected chi connectivity index (χ4v) is 3.08. The average molecular weight is 500 g/mol. The van der Waals surface area contributed by atoms with Crippen molar-refractivity contribution in [1.82, 2.24) is 4.90 Å². The van der Waals surface area contributed by atoms with Gasteiger partial charge in [-0.1, -0.05) is 51.1 Å². The van der Waals surface area contributed by atoms with E-state index in [0.717, 1.165) is 31.6 Å². The topological polar surface area (TPSA) is 171 Å². The van der Waals surface area contributed by atoms with Crippen molar-refractivity contribution in [1.29, 1.82) is 0 Å². The molecular weight excluding hydrogens is 462 g/mol. The molecule has 35 heavy (non-hydrogen) atoms. The van der Waals surface area contributed by atoms with Crippen molar-refractivity contribution < 1.29 is 49.1 Å². The number of hydrogen-bond acceptors (Lipinski definition) is 8. The zero-order valence-electron chi connectivity index (χ0n) is 20.5. The van der Waals surface area contributed by atoms with Gasteiger partial charge >= 0.3 is 23.9 Å². The molecule has 1 aromatic carbocycles. The van der Waals surface area contributed by atoms with Gasteiger partial charge < -0.3 is 34.8 Å². The van der Waals surface area contributed by atoms with E-state index in [1.54, 1.807) is 0 Å². The second-order valence-corrected chi connectivity index (χ2v) is 7.66. The zero-order chi connectivity index (χ0) is 26.9. The van der Waals surface area contributed by atoms with E-state index in [0.29, 0.717) is 19.8 Å². The smallest absolute Gasteiger partial charge is 0.336 e. The van der Waals surface area contributed by atoms with Gasteiger partial charge in [0.2, 0.25) is 0 Å². The fraction of sp³-hybridized carbons (Fsp3) is 0.583. The lowest BCUT2D eigenvalue weighted by molar-refractivity contribution is -0.170. The fourth-order valence-electron chi connectivity index (χ4n) is 3.08. The van der Waals surface area contributed by atoms with Crippen molar-refractivity contribution in [3.8, 4) is 0 Å². The number of carbonyl (C=O) groups excluding carboxylic acids is 1. The molecule has 11 heteroatoms. The summed E-state index contributed by atoms with van der Waals surface area (Å²) in [5, 5.41) is 33.8. The number of rotatable bonds is 16. The number of esters is 1. The van der Waals surface area contributed by atoms with E-state index in [2.05, 4.69) is 18.7 Å². The van der Waals surface area contributed by atoms with Gasteiger partial charge in [-0.05, 0) is 25.1 Å². The molecule has 0 saturated heterocycles. The number of benzene rings is 1. The maximum atomic E-state index is 12.1. The maximum Gasteiger partial charge on any atom is 0.336 e. The Morgan fingerprint density at radius 1 is 0.886 bits per heavy atom. The van der Waals surface area contributed by atoms with Gasteiger partial charge in [0.15, 0.2) is 5.60 Å². The highest BCUT2D eigenvalue weighted by atomic mass is 16.6. The largest absolute Gasteiger partial charge is 0.481 e. The number of aliphatic hydroxyl groups is 1. The lowest BCUT2D eigenvalue weighted by Crippen LogP contribution is -2.42. The summed E-state index contributed by atoms with van der Waals surface area (Å²) in [5.41, 5.74) is -1.73. The molecule has 0 fully saturated rings. The van der Waals surface area contributed by atoms with Crippen molar-refractivity contribution in [3.05, 3.63) is 35.9 Å². The number of aliphatic carboxylic acids is 3. The third-order valence-electron chi connectivity index (χ3n) is 5.10. The monoisotopic (exact) mass is 499 g/mol. The molecule has 0 bridgehead atoms. The summed E-state index contributed by atoms with van der Waals surface area (Å²) in [6.07, 6.45) is -1.55. The molecule has 0 saturated carbocycles. The van der Waals surface area contributed by atoms with E-state index in [9.17, 15) is 19.2 Å². The first kappa shape index (κ1) is 32.0. The molecular formula is C24H37NO10. The number of carboxylic acids is 3. The minimum Gasteiger partial charge on any atom is -0.481 e. The van der Waals surface area contributed by atoms with Gasteiger partial charge in [0.25, 0.3) is 0 Å². The molecule has 0 radical (unpaired) electrons. The summed E-state index contributed by atoms with van der Waals surface area (Å²) >= 11 is 0. The van der Waals surface area contributed by atoms with Crippen LogP contribution in [0, 0.1) is 0 Å². The number of likely N-dealkylation sites (N-methyl/N-ethyl adjacent to an activating group) is 1. The molecule has 11 nitrogen and oxygen atoms in total. The van der Waals surface area contributed by atoms with Gasteiger partial charge in [0, 0.05) is 6.54 Å². The number of ether oxygens (including phenoxy) is 2. The molecule has 198 valence electrons. The van der Waals surface area contributed by atoms with Crippen LogP contribution in [0.5, 0.6) is 0 Å². The zero-order valence-corrected chi connectivity index (χ0v) is 20.5. The normalized spacial score (nSPS) is 11.8. The first-order valence-corrected chi connectivity index (χ1v) is 11.4. The molecule has 0 aliphatic heterocycles. The molecule has 1 rings (SSSR count). The number of nitrogens with zero attached hydrogens (tertiary/aromatic N) is 1. The Labute approximate surface area is 205 Å². The third kappa shape index (κ3) is 13.5. The standard InChI is InChI=1S/C18H29NO3.C6H8O7/c1-4-17(16-10-8-7-9-11-16)18(20)22-15-14-21-13-12-19(5-2)6-3;7-3(8)1-6(13,5(11)12)2-4(9)10/h7-11,17H,4-6,12-15H2,1-3H3;13H,1-2H2,(H,7,8)(H,9,10)(H,11,12)/t17-;/m0./s1. The van der Waals surface area contributed by atoms with E-state index in [4.69, 9.17) is 29.9 Å². The quantitative estimate of drug-likeness (QED) is 0.193. The molecule has 1 atom stereocenters. The van der Waals surface area contributed by atoms with E-state index < -0.39 is 36.4 Å². The van der Waals surface area contributed by atoms with Crippen LogP contribution in [0.3, 0.4) is 0 Å². The maximum absolute atomic E-state index is 12.1. The third-order valence-corrected chi connectivity index (χ3v) is 5.10. The predicted octanol–water partition coefficient (Wildman–Crippen LogP) is 1.83. The molecule has 0 heterocycles. The first-order valence-electron chi connectivity index (χ1n) is 11.4. The van der Waals surface area contributed by atoms with E-state index in [-0.39, 0.29) is 11.9 Å². The average Bonchev–Trinajstić information content (AvgIpc) is 2.79. The van der Waals surface area contributed by atoms with Crippen LogP contribution in [0.4, 0.5) is 0 Å². The lowest BCUT2D eigenvalue weighted by Gasteiger charge is -2.18. The minimum atomic E-state index is -2.74. The Balaban J connectivity index is 0.000000761. The number of hydrogen-bond donors (Lipinski definition) is 4.